The third kappa shape index (κ3) is 2.99. The van der Waals surface area contributed by atoms with Crippen molar-refractivity contribution in [3.63, 3.8) is 0 Å². The fraction of sp³-hybridized carbons (Fsp3) is 0.0800. The van der Waals surface area contributed by atoms with Crippen molar-refractivity contribution in [3.05, 3.63) is 108 Å². The van der Waals surface area contributed by atoms with Gasteiger partial charge in [0, 0.05) is 22.7 Å². The first-order valence-electron chi connectivity index (χ1n) is 9.72. The zero-order valence-electron chi connectivity index (χ0n) is 16.2. The Balaban J connectivity index is 1.77. The minimum atomic E-state index is -0.944. The van der Waals surface area contributed by atoms with Crippen LogP contribution in [0.1, 0.15) is 28.0 Å². The molecular formula is C25H20N2O2S. The van der Waals surface area contributed by atoms with Crippen LogP contribution in [-0.4, -0.2) is 21.6 Å². The summed E-state index contributed by atoms with van der Waals surface area (Å²) in [4.78, 5) is 24.7. The van der Waals surface area contributed by atoms with Crippen molar-refractivity contribution in [2.24, 2.45) is 0 Å². The normalized spacial score (nSPS) is 18.8. The van der Waals surface area contributed by atoms with Crippen LogP contribution in [0.2, 0.25) is 0 Å². The maximum absolute atomic E-state index is 12.6. The molecule has 1 aliphatic heterocycles. The van der Waals surface area contributed by atoms with Gasteiger partial charge in [0.2, 0.25) is 5.91 Å². The van der Waals surface area contributed by atoms with Crippen molar-refractivity contribution in [2.75, 3.05) is 0 Å². The number of benzene rings is 3. The molecule has 1 N–H and O–H groups in total. The highest BCUT2D eigenvalue weighted by Crippen LogP contribution is 2.44. The Morgan fingerprint density at radius 2 is 1.40 bits per heavy atom. The maximum Gasteiger partial charge on any atom is 0.280 e. The van der Waals surface area contributed by atoms with E-state index in [0.717, 1.165) is 27.6 Å². The van der Waals surface area contributed by atoms with Gasteiger partial charge in [-0.15, -0.1) is 0 Å². The van der Waals surface area contributed by atoms with Crippen molar-refractivity contribution in [3.8, 4) is 0 Å². The largest absolute Gasteiger partial charge is 0.335 e. The fourth-order valence-corrected chi connectivity index (χ4v) is 5.46. The summed E-state index contributed by atoms with van der Waals surface area (Å²) in [6.07, 6.45) is 2.03. The molecule has 4 nitrogen and oxygen atoms in total. The molecule has 1 aromatic heterocycles. The Kier molecular flexibility index (Phi) is 4.60. The highest BCUT2D eigenvalue weighted by molar-refractivity contribution is 8.28. The van der Waals surface area contributed by atoms with E-state index in [1.54, 1.807) is 0 Å². The second-order valence-electron chi connectivity index (χ2n) is 7.32. The van der Waals surface area contributed by atoms with Crippen LogP contribution in [-0.2, 0) is 4.79 Å². The Morgan fingerprint density at radius 1 is 0.833 bits per heavy atom. The fourth-order valence-electron chi connectivity index (χ4n) is 4.20. The van der Waals surface area contributed by atoms with E-state index in [1.807, 2.05) is 60.8 Å². The molecule has 5 rings (SSSR count). The molecule has 148 valence electrons. The van der Waals surface area contributed by atoms with Gasteiger partial charge in [-0.05, 0) is 17.2 Å². The van der Waals surface area contributed by atoms with Crippen LogP contribution in [0.4, 0.5) is 4.79 Å². The summed E-state index contributed by atoms with van der Waals surface area (Å²) in [5.74, 6) is 3.72. The molecule has 1 fully saturated rings. The van der Waals surface area contributed by atoms with E-state index in [4.69, 9.17) is 0 Å². The molecule has 2 unspecified atom stereocenters. The van der Waals surface area contributed by atoms with Crippen LogP contribution in [0.15, 0.2) is 91.1 Å². The SMILES string of the molecule is C=S1C(=O)NC(=O)C1c1cn(C(c2ccccc2)c2ccccc2)c2ccccc12. The van der Waals surface area contributed by atoms with E-state index >= 15 is 0 Å². The van der Waals surface area contributed by atoms with Crippen LogP contribution >= 0.6 is 10.5 Å². The molecule has 2 atom stereocenters. The zero-order valence-corrected chi connectivity index (χ0v) is 17.0. The molecule has 0 saturated carbocycles. The second-order valence-corrected chi connectivity index (χ2v) is 9.02. The molecular weight excluding hydrogens is 392 g/mol. The minimum absolute atomic E-state index is 0.0576. The molecule has 0 radical (unpaired) electrons. The van der Waals surface area contributed by atoms with Crippen molar-refractivity contribution >= 4 is 38.4 Å². The molecule has 4 aromatic rings. The molecule has 0 aliphatic carbocycles. The van der Waals surface area contributed by atoms with Gasteiger partial charge in [0.15, 0.2) is 0 Å². The number of fused-ring (bicyclic) bond motifs is 1. The van der Waals surface area contributed by atoms with E-state index in [1.165, 1.54) is 0 Å². The van der Waals surface area contributed by atoms with Crippen molar-refractivity contribution in [1.82, 2.24) is 9.88 Å². The third-order valence-corrected chi connectivity index (χ3v) is 7.16. The summed E-state index contributed by atoms with van der Waals surface area (Å²) in [6.45, 7) is 0. The number of hydrogen-bond acceptors (Lipinski definition) is 2. The van der Waals surface area contributed by atoms with Crippen molar-refractivity contribution in [2.45, 2.75) is 11.3 Å². The average molecular weight is 413 g/mol. The van der Waals surface area contributed by atoms with Gasteiger partial charge in [-0.2, -0.15) is 0 Å². The van der Waals surface area contributed by atoms with E-state index in [2.05, 4.69) is 46.1 Å². The van der Waals surface area contributed by atoms with Gasteiger partial charge in [-0.1, -0.05) is 95.2 Å². The number of carbonyl (C=O) groups is 2. The number of amides is 2. The van der Waals surface area contributed by atoms with Gasteiger partial charge in [-0.3, -0.25) is 14.9 Å². The molecule has 0 bridgehead atoms. The van der Waals surface area contributed by atoms with Crippen molar-refractivity contribution < 1.29 is 9.59 Å². The summed E-state index contributed by atoms with van der Waals surface area (Å²) in [5.41, 5.74) is 4.17. The summed E-state index contributed by atoms with van der Waals surface area (Å²) < 4.78 is 2.21. The van der Waals surface area contributed by atoms with E-state index in [-0.39, 0.29) is 17.2 Å². The molecule has 1 saturated heterocycles. The van der Waals surface area contributed by atoms with Crippen LogP contribution in [0.3, 0.4) is 0 Å². The summed E-state index contributed by atoms with van der Waals surface area (Å²) >= 11 is 0. The molecule has 2 heterocycles. The van der Waals surface area contributed by atoms with E-state index < -0.39 is 15.7 Å². The highest BCUT2D eigenvalue weighted by atomic mass is 32.2. The first-order valence-corrected chi connectivity index (χ1v) is 11.2. The maximum atomic E-state index is 12.6. The monoisotopic (exact) mass is 412 g/mol. The lowest BCUT2D eigenvalue weighted by molar-refractivity contribution is -0.119. The predicted octanol–water partition coefficient (Wildman–Crippen LogP) is 5.27. The third-order valence-electron chi connectivity index (χ3n) is 5.55. The molecule has 3 aromatic carbocycles. The average Bonchev–Trinajstić information content (AvgIpc) is 3.26. The van der Waals surface area contributed by atoms with Gasteiger partial charge in [0.1, 0.15) is 5.25 Å². The van der Waals surface area contributed by atoms with Gasteiger partial charge < -0.3 is 4.57 Å². The number of para-hydroxylation sites is 1. The Labute approximate surface area is 177 Å². The topological polar surface area (TPSA) is 51.1 Å². The number of aromatic nitrogens is 1. The predicted molar refractivity (Wildman–Crippen MR) is 123 cm³/mol. The van der Waals surface area contributed by atoms with Gasteiger partial charge in [0.05, 0.1) is 6.04 Å². The molecule has 5 heteroatoms. The number of carbonyl (C=O) groups excluding carboxylic acids is 2. The number of hydrogen-bond donors (Lipinski definition) is 1. The summed E-state index contributed by atoms with van der Waals surface area (Å²) in [7, 11) is -0.944. The lowest BCUT2D eigenvalue weighted by atomic mass is 9.98. The smallest absolute Gasteiger partial charge is 0.280 e. The first kappa shape index (κ1) is 18.6. The molecule has 2 amide bonds. The highest BCUT2D eigenvalue weighted by Gasteiger charge is 2.37. The summed E-state index contributed by atoms with van der Waals surface area (Å²) in [6, 6.07) is 28.6. The minimum Gasteiger partial charge on any atom is -0.335 e. The van der Waals surface area contributed by atoms with Crippen molar-refractivity contribution in [1.29, 1.82) is 0 Å². The standard InChI is InChI=1S/C25H20N2O2S/c1-30-23(24(28)26-25(30)29)20-16-27(21-15-9-8-14-19(20)21)22(17-10-4-2-5-11-17)18-12-6-3-7-13-18/h2-16,22-23H,1H2,(H,26,28,29). The number of nitrogens with zero attached hydrogens (tertiary/aromatic N) is 1. The van der Waals surface area contributed by atoms with Gasteiger partial charge in [-0.25, -0.2) is 0 Å². The van der Waals surface area contributed by atoms with Crippen LogP contribution in [0.25, 0.3) is 10.9 Å². The lowest BCUT2D eigenvalue weighted by Gasteiger charge is -2.21. The number of nitrogens with one attached hydrogen (secondary N) is 1. The first-order chi connectivity index (χ1) is 14.6. The number of rotatable bonds is 4. The van der Waals surface area contributed by atoms with Gasteiger partial charge >= 0.3 is 0 Å². The quantitative estimate of drug-likeness (QED) is 0.464. The van der Waals surface area contributed by atoms with E-state index in [0.29, 0.717) is 0 Å². The Bertz CT molecular complexity index is 1240. The second kappa shape index (κ2) is 7.43. The Morgan fingerprint density at radius 3 is 1.97 bits per heavy atom. The molecule has 1 aliphatic rings. The summed E-state index contributed by atoms with van der Waals surface area (Å²) in [5, 5.41) is 2.57. The van der Waals surface area contributed by atoms with Crippen LogP contribution < -0.4 is 5.32 Å². The lowest BCUT2D eigenvalue weighted by Crippen LogP contribution is -2.20. The zero-order chi connectivity index (χ0) is 20.7. The van der Waals surface area contributed by atoms with Gasteiger partial charge in [0.25, 0.3) is 5.24 Å². The van der Waals surface area contributed by atoms with Crippen LogP contribution in [0, 0.1) is 0 Å². The van der Waals surface area contributed by atoms with E-state index in [9.17, 15) is 9.59 Å². The van der Waals surface area contributed by atoms with Crippen LogP contribution in [0.5, 0.6) is 0 Å². The molecule has 0 spiro atoms. The molecule has 30 heavy (non-hydrogen) atoms. The Hall–Kier alpha value is -3.44. The number of imide groups is 1.